The van der Waals surface area contributed by atoms with Crippen molar-refractivity contribution < 1.29 is 9.47 Å². The Labute approximate surface area is 130 Å². The lowest BCUT2D eigenvalue weighted by Crippen LogP contribution is -2.17. The van der Waals surface area contributed by atoms with Crippen LogP contribution in [0.25, 0.3) is 0 Å². The van der Waals surface area contributed by atoms with E-state index in [0.29, 0.717) is 17.4 Å². The van der Waals surface area contributed by atoms with Gasteiger partial charge in [-0.3, -0.25) is 0 Å². The Morgan fingerprint density at radius 1 is 1.10 bits per heavy atom. The van der Waals surface area contributed by atoms with E-state index >= 15 is 0 Å². The average Bonchev–Trinajstić information content (AvgIpc) is 2.42. The molecular weight excluding hydrogens is 286 g/mol. The van der Waals surface area contributed by atoms with Crippen LogP contribution in [0.15, 0.2) is 42.5 Å². The molecule has 0 aromatic heterocycles. The zero-order chi connectivity index (χ0) is 15.2. The molecule has 1 atom stereocenters. The van der Waals surface area contributed by atoms with E-state index in [1.54, 1.807) is 0 Å². The summed E-state index contributed by atoms with van der Waals surface area (Å²) in [5.74, 6) is 2.20. The first-order chi connectivity index (χ1) is 10.1. The second kappa shape index (κ2) is 7.34. The molecule has 0 spiro atoms. The smallest absolute Gasteiger partial charge is 0.131 e. The summed E-state index contributed by atoms with van der Waals surface area (Å²) in [4.78, 5) is 0. The first-order valence-electron chi connectivity index (χ1n) is 7.03. The van der Waals surface area contributed by atoms with Crippen LogP contribution < -0.4 is 15.2 Å². The third kappa shape index (κ3) is 4.66. The van der Waals surface area contributed by atoms with Gasteiger partial charge >= 0.3 is 0 Å². The standard InChI is InChI=1S/C17H20ClNO2/c1-3-20-14-5-4-6-15(10-14)21-16-8-7-13(9-12(2)19)17(18)11-16/h4-8,10-12H,3,9,19H2,1-2H3. The van der Waals surface area contributed by atoms with E-state index in [1.165, 1.54) is 0 Å². The van der Waals surface area contributed by atoms with E-state index in [1.807, 2.05) is 56.3 Å². The van der Waals surface area contributed by atoms with Crippen LogP contribution in [0.4, 0.5) is 0 Å². The molecule has 0 amide bonds. The number of hydrogen-bond donors (Lipinski definition) is 1. The van der Waals surface area contributed by atoms with Crippen molar-refractivity contribution in [2.45, 2.75) is 26.3 Å². The largest absolute Gasteiger partial charge is 0.494 e. The highest BCUT2D eigenvalue weighted by atomic mass is 35.5. The van der Waals surface area contributed by atoms with Gasteiger partial charge in [0.25, 0.3) is 0 Å². The summed E-state index contributed by atoms with van der Waals surface area (Å²) in [5.41, 5.74) is 6.83. The van der Waals surface area contributed by atoms with Crippen molar-refractivity contribution in [3.63, 3.8) is 0 Å². The molecule has 4 heteroatoms. The van der Waals surface area contributed by atoms with E-state index in [9.17, 15) is 0 Å². The Balaban J connectivity index is 2.12. The van der Waals surface area contributed by atoms with Gasteiger partial charge in [-0.05, 0) is 50.1 Å². The van der Waals surface area contributed by atoms with Crippen molar-refractivity contribution in [2.75, 3.05) is 6.61 Å². The van der Waals surface area contributed by atoms with E-state index in [2.05, 4.69) is 0 Å². The number of ether oxygens (including phenoxy) is 2. The summed E-state index contributed by atoms with van der Waals surface area (Å²) in [6.07, 6.45) is 0.749. The van der Waals surface area contributed by atoms with Gasteiger partial charge in [-0.2, -0.15) is 0 Å². The van der Waals surface area contributed by atoms with Crippen LogP contribution in [0.1, 0.15) is 19.4 Å². The average molecular weight is 306 g/mol. The Hall–Kier alpha value is -1.71. The van der Waals surface area contributed by atoms with Gasteiger partial charge in [0.15, 0.2) is 0 Å². The van der Waals surface area contributed by atoms with Crippen molar-refractivity contribution in [2.24, 2.45) is 5.73 Å². The molecule has 0 heterocycles. The van der Waals surface area contributed by atoms with Crippen LogP contribution >= 0.6 is 11.6 Å². The molecule has 0 aliphatic heterocycles. The molecule has 21 heavy (non-hydrogen) atoms. The number of benzene rings is 2. The Kier molecular flexibility index (Phi) is 5.48. The van der Waals surface area contributed by atoms with Crippen LogP contribution in [0, 0.1) is 0 Å². The van der Waals surface area contributed by atoms with Crippen LogP contribution in [0.3, 0.4) is 0 Å². The van der Waals surface area contributed by atoms with Gasteiger partial charge in [0.1, 0.15) is 17.2 Å². The molecule has 0 bridgehead atoms. The van der Waals surface area contributed by atoms with Crippen LogP contribution in [0.2, 0.25) is 5.02 Å². The fourth-order valence-electron chi connectivity index (χ4n) is 2.03. The topological polar surface area (TPSA) is 44.5 Å². The van der Waals surface area contributed by atoms with Crippen molar-refractivity contribution in [3.8, 4) is 17.2 Å². The second-order valence-corrected chi connectivity index (χ2v) is 5.35. The molecule has 112 valence electrons. The van der Waals surface area contributed by atoms with Crippen molar-refractivity contribution in [1.29, 1.82) is 0 Å². The van der Waals surface area contributed by atoms with Crippen LogP contribution in [-0.2, 0) is 6.42 Å². The van der Waals surface area contributed by atoms with Gasteiger partial charge in [0, 0.05) is 17.1 Å². The summed E-state index contributed by atoms with van der Waals surface area (Å²) in [6, 6.07) is 13.3. The Morgan fingerprint density at radius 3 is 2.48 bits per heavy atom. The maximum Gasteiger partial charge on any atom is 0.131 e. The van der Waals surface area contributed by atoms with Gasteiger partial charge < -0.3 is 15.2 Å². The lowest BCUT2D eigenvalue weighted by atomic mass is 10.1. The molecule has 0 radical (unpaired) electrons. The second-order valence-electron chi connectivity index (χ2n) is 4.94. The number of hydrogen-bond acceptors (Lipinski definition) is 3. The minimum absolute atomic E-state index is 0.0807. The molecule has 1 unspecified atom stereocenters. The monoisotopic (exact) mass is 305 g/mol. The Bertz CT molecular complexity index is 599. The maximum atomic E-state index is 6.26. The molecule has 0 aliphatic rings. The lowest BCUT2D eigenvalue weighted by Gasteiger charge is -2.11. The summed E-state index contributed by atoms with van der Waals surface area (Å²) in [6.45, 7) is 4.53. The van der Waals surface area contributed by atoms with E-state index in [4.69, 9.17) is 26.8 Å². The number of rotatable bonds is 6. The predicted molar refractivity (Wildman–Crippen MR) is 86.5 cm³/mol. The Morgan fingerprint density at radius 2 is 1.81 bits per heavy atom. The van der Waals surface area contributed by atoms with Gasteiger partial charge in [-0.25, -0.2) is 0 Å². The highest BCUT2D eigenvalue weighted by Crippen LogP contribution is 2.29. The minimum Gasteiger partial charge on any atom is -0.494 e. The molecular formula is C17H20ClNO2. The number of halogens is 1. The molecule has 2 rings (SSSR count). The van der Waals surface area contributed by atoms with Crippen LogP contribution in [-0.4, -0.2) is 12.6 Å². The first kappa shape index (κ1) is 15.7. The fourth-order valence-corrected chi connectivity index (χ4v) is 2.28. The lowest BCUT2D eigenvalue weighted by molar-refractivity contribution is 0.338. The van der Waals surface area contributed by atoms with Crippen molar-refractivity contribution in [3.05, 3.63) is 53.1 Å². The first-order valence-corrected chi connectivity index (χ1v) is 7.41. The van der Waals surface area contributed by atoms with Gasteiger partial charge in [-0.1, -0.05) is 23.7 Å². The molecule has 0 fully saturated rings. The fraction of sp³-hybridized carbons (Fsp3) is 0.294. The van der Waals surface area contributed by atoms with Gasteiger partial charge in [0.05, 0.1) is 6.61 Å². The predicted octanol–water partition coefficient (Wildman–Crippen LogP) is 4.42. The third-order valence-electron chi connectivity index (χ3n) is 2.92. The van der Waals surface area contributed by atoms with Gasteiger partial charge in [-0.15, -0.1) is 0 Å². The summed E-state index contributed by atoms with van der Waals surface area (Å²) in [7, 11) is 0. The highest BCUT2D eigenvalue weighted by Gasteiger charge is 2.06. The van der Waals surface area contributed by atoms with Crippen molar-refractivity contribution >= 4 is 11.6 Å². The molecule has 2 aromatic carbocycles. The van der Waals surface area contributed by atoms with E-state index < -0.39 is 0 Å². The van der Waals surface area contributed by atoms with Crippen molar-refractivity contribution in [1.82, 2.24) is 0 Å². The molecule has 0 saturated heterocycles. The van der Waals surface area contributed by atoms with Crippen LogP contribution in [0.5, 0.6) is 17.2 Å². The molecule has 2 N–H and O–H groups in total. The quantitative estimate of drug-likeness (QED) is 0.859. The molecule has 3 nitrogen and oxygen atoms in total. The summed E-state index contributed by atoms with van der Waals surface area (Å²) < 4.78 is 11.3. The zero-order valence-electron chi connectivity index (χ0n) is 12.3. The minimum atomic E-state index is 0.0807. The highest BCUT2D eigenvalue weighted by molar-refractivity contribution is 6.31. The molecule has 2 aromatic rings. The van der Waals surface area contributed by atoms with E-state index in [-0.39, 0.29) is 6.04 Å². The third-order valence-corrected chi connectivity index (χ3v) is 3.27. The molecule has 0 aliphatic carbocycles. The maximum absolute atomic E-state index is 6.26. The number of nitrogens with two attached hydrogens (primary N) is 1. The zero-order valence-corrected chi connectivity index (χ0v) is 13.1. The SMILES string of the molecule is CCOc1cccc(Oc2ccc(CC(C)N)c(Cl)c2)c1. The molecule has 0 saturated carbocycles. The normalized spacial score (nSPS) is 12.0. The summed E-state index contributed by atoms with van der Waals surface area (Å²) >= 11 is 6.26. The van der Waals surface area contributed by atoms with E-state index in [0.717, 1.165) is 23.5 Å². The van der Waals surface area contributed by atoms with Gasteiger partial charge in [0.2, 0.25) is 0 Å². The summed E-state index contributed by atoms with van der Waals surface area (Å²) in [5, 5.41) is 0.672.